The Morgan fingerprint density at radius 2 is 2.13 bits per heavy atom. The molecule has 2 aliphatic rings. The van der Waals surface area contributed by atoms with Crippen LogP contribution in [0.5, 0.6) is 0 Å². The lowest BCUT2D eigenvalue weighted by Gasteiger charge is -2.31. The van der Waals surface area contributed by atoms with Crippen LogP contribution in [-0.2, 0) is 10.2 Å². The number of carbonyl (C=O) groups excluding carboxylic acids is 1. The molecule has 3 rings (SSSR count). The standard InChI is InChI=1S/C11H13N3O/c15-10-11(2-5-12-6-3-11)8-1-4-13-7-9(8)14-10/h1,4,7,12H,2-3,5-6H2,(H,14,15). The average Bonchev–Trinajstić information content (AvgIpc) is 2.55. The van der Waals surface area contributed by atoms with E-state index in [0.717, 1.165) is 37.2 Å². The zero-order chi connectivity index (χ0) is 10.3. The van der Waals surface area contributed by atoms with Crippen LogP contribution in [0.1, 0.15) is 18.4 Å². The molecule has 1 aromatic rings. The molecule has 0 aromatic carbocycles. The van der Waals surface area contributed by atoms with Crippen molar-refractivity contribution in [1.82, 2.24) is 10.3 Å². The third kappa shape index (κ3) is 1.11. The molecular weight excluding hydrogens is 190 g/mol. The number of carbonyl (C=O) groups is 1. The molecule has 0 radical (unpaired) electrons. The van der Waals surface area contributed by atoms with Gasteiger partial charge in [-0.15, -0.1) is 0 Å². The zero-order valence-electron chi connectivity index (χ0n) is 8.42. The van der Waals surface area contributed by atoms with Gasteiger partial charge in [0.1, 0.15) is 0 Å². The molecule has 1 amide bonds. The Kier molecular flexibility index (Phi) is 1.79. The molecule has 0 bridgehead atoms. The van der Waals surface area contributed by atoms with Gasteiger partial charge in [0.05, 0.1) is 17.3 Å². The number of hydrogen-bond acceptors (Lipinski definition) is 3. The van der Waals surface area contributed by atoms with Gasteiger partial charge in [-0.1, -0.05) is 0 Å². The van der Waals surface area contributed by atoms with Crippen molar-refractivity contribution < 1.29 is 4.79 Å². The number of nitrogens with zero attached hydrogens (tertiary/aromatic N) is 1. The number of rotatable bonds is 0. The maximum Gasteiger partial charge on any atom is 0.235 e. The summed E-state index contributed by atoms with van der Waals surface area (Å²) in [7, 11) is 0. The lowest BCUT2D eigenvalue weighted by molar-refractivity contribution is -0.121. The summed E-state index contributed by atoms with van der Waals surface area (Å²) in [5, 5.41) is 6.22. The van der Waals surface area contributed by atoms with Crippen LogP contribution >= 0.6 is 0 Å². The third-order valence-electron chi connectivity index (χ3n) is 3.48. The Hall–Kier alpha value is -1.42. The Morgan fingerprint density at radius 1 is 1.33 bits per heavy atom. The maximum absolute atomic E-state index is 12.0. The summed E-state index contributed by atoms with van der Waals surface area (Å²) < 4.78 is 0. The molecule has 0 aliphatic carbocycles. The predicted molar refractivity (Wildman–Crippen MR) is 56.6 cm³/mol. The van der Waals surface area contributed by atoms with E-state index >= 15 is 0 Å². The van der Waals surface area contributed by atoms with Crippen LogP contribution in [0.2, 0.25) is 0 Å². The van der Waals surface area contributed by atoms with Crippen LogP contribution in [0.25, 0.3) is 0 Å². The van der Waals surface area contributed by atoms with Crippen LogP contribution in [0, 0.1) is 0 Å². The number of nitrogens with one attached hydrogen (secondary N) is 2. The van der Waals surface area contributed by atoms with E-state index in [9.17, 15) is 4.79 Å². The second-order valence-corrected chi connectivity index (χ2v) is 4.21. The van der Waals surface area contributed by atoms with Crippen molar-refractivity contribution in [3.8, 4) is 0 Å². The van der Waals surface area contributed by atoms with Crippen molar-refractivity contribution in [3.63, 3.8) is 0 Å². The second-order valence-electron chi connectivity index (χ2n) is 4.21. The van der Waals surface area contributed by atoms with Gasteiger partial charge >= 0.3 is 0 Å². The number of fused-ring (bicyclic) bond motifs is 2. The number of piperidine rings is 1. The molecule has 3 heterocycles. The molecule has 1 aromatic heterocycles. The van der Waals surface area contributed by atoms with E-state index in [1.165, 1.54) is 0 Å². The summed E-state index contributed by atoms with van der Waals surface area (Å²) in [5.74, 6) is 0.145. The molecule has 0 saturated carbocycles. The Labute approximate surface area is 88.1 Å². The van der Waals surface area contributed by atoms with Crippen molar-refractivity contribution >= 4 is 11.6 Å². The normalized spacial score (nSPS) is 22.5. The van der Waals surface area contributed by atoms with Crippen LogP contribution in [0.15, 0.2) is 18.5 Å². The number of amides is 1. The zero-order valence-corrected chi connectivity index (χ0v) is 8.42. The fourth-order valence-corrected chi connectivity index (χ4v) is 2.63. The molecule has 0 unspecified atom stereocenters. The lowest BCUT2D eigenvalue weighted by atomic mass is 9.74. The third-order valence-corrected chi connectivity index (χ3v) is 3.48. The van der Waals surface area contributed by atoms with Gasteiger partial charge in [0, 0.05) is 6.20 Å². The highest BCUT2D eigenvalue weighted by Gasteiger charge is 2.46. The molecule has 78 valence electrons. The minimum atomic E-state index is -0.288. The summed E-state index contributed by atoms with van der Waals surface area (Å²) >= 11 is 0. The molecule has 2 N–H and O–H groups in total. The van der Waals surface area contributed by atoms with Gasteiger partial charge in [-0.2, -0.15) is 0 Å². The number of pyridine rings is 1. The first-order chi connectivity index (χ1) is 7.33. The Morgan fingerprint density at radius 3 is 2.93 bits per heavy atom. The molecule has 4 heteroatoms. The molecule has 2 aliphatic heterocycles. The number of aromatic nitrogens is 1. The summed E-state index contributed by atoms with van der Waals surface area (Å²) in [6, 6.07) is 1.97. The van der Waals surface area contributed by atoms with Crippen molar-refractivity contribution in [1.29, 1.82) is 0 Å². The van der Waals surface area contributed by atoms with Crippen molar-refractivity contribution in [2.24, 2.45) is 0 Å². The quantitative estimate of drug-likeness (QED) is 0.651. The van der Waals surface area contributed by atoms with Crippen LogP contribution < -0.4 is 10.6 Å². The SMILES string of the molecule is O=C1Nc2cnccc2C12CCNCC2. The van der Waals surface area contributed by atoms with E-state index in [1.807, 2.05) is 6.07 Å². The average molecular weight is 203 g/mol. The van der Waals surface area contributed by atoms with Crippen LogP contribution in [0.4, 0.5) is 5.69 Å². The van der Waals surface area contributed by atoms with E-state index in [0.29, 0.717) is 0 Å². The van der Waals surface area contributed by atoms with E-state index in [-0.39, 0.29) is 11.3 Å². The molecule has 4 nitrogen and oxygen atoms in total. The van der Waals surface area contributed by atoms with Gasteiger partial charge in [-0.25, -0.2) is 0 Å². The minimum Gasteiger partial charge on any atom is -0.324 e. The van der Waals surface area contributed by atoms with Crippen LogP contribution in [-0.4, -0.2) is 24.0 Å². The largest absolute Gasteiger partial charge is 0.324 e. The highest BCUT2D eigenvalue weighted by molar-refractivity contribution is 6.06. The second kappa shape index (κ2) is 3.03. The Balaban J connectivity index is 2.11. The first-order valence-corrected chi connectivity index (χ1v) is 5.30. The van der Waals surface area contributed by atoms with Gasteiger partial charge in [0.2, 0.25) is 5.91 Å². The van der Waals surface area contributed by atoms with Crippen molar-refractivity contribution in [2.75, 3.05) is 18.4 Å². The fraction of sp³-hybridized carbons (Fsp3) is 0.455. The molecule has 1 saturated heterocycles. The Bertz CT molecular complexity index is 410. The first kappa shape index (κ1) is 8.85. The predicted octanol–water partition coefficient (Wildman–Crippen LogP) is 0.655. The van der Waals surface area contributed by atoms with Gasteiger partial charge in [0.15, 0.2) is 0 Å². The topological polar surface area (TPSA) is 54.0 Å². The summed E-state index contributed by atoms with van der Waals surface area (Å²) in [6.07, 6.45) is 5.28. The lowest BCUT2D eigenvalue weighted by Crippen LogP contribution is -2.44. The van der Waals surface area contributed by atoms with Crippen molar-refractivity contribution in [2.45, 2.75) is 18.3 Å². The van der Waals surface area contributed by atoms with Gasteiger partial charge in [-0.3, -0.25) is 9.78 Å². The molecule has 0 atom stereocenters. The highest BCUT2D eigenvalue weighted by Crippen LogP contribution is 2.42. The van der Waals surface area contributed by atoms with Crippen LogP contribution in [0.3, 0.4) is 0 Å². The summed E-state index contributed by atoms with van der Waals surface area (Å²) in [4.78, 5) is 16.1. The molecular formula is C11H13N3O. The van der Waals surface area contributed by atoms with Gasteiger partial charge in [0.25, 0.3) is 0 Å². The van der Waals surface area contributed by atoms with Crippen molar-refractivity contribution in [3.05, 3.63) is 24.0 Å². The minimum absolute atomic E-state index is 0.145. The summed E-state index contributed by atoms with van der Waals surface area (Å²) in [6.45, 7) is 1.82. The smallest absolute Gasteiger partial charge is 0.235 e. The number of anilines is 1. The maximum atomic E-state index is 12.0. The molecule has 15 heavy (non-hydrogen) atoms. The first-order valence-electron chi connectivity index (χ1n) is 5.30. The molecule has 1 spiro atoms. The summed E-state index contributed by atoms with van der Waals surface area (Å²) in [5.41, 5.74) is 1.73. The molecule has 1 fully saturated rings. The highest BCUT2D eigenvalue weighted by atomic mass is 16.2. The van der Waals surface area contributed by atoms with E-state index < -0.39 is 0 Å². The van der Waals surface area contributed by atoms with E-state index in [2.05, 4.69) is 15.6 Å². The fourth-order valence-electron chi connectivity index (χ4n) is 2.63. The van der Waals surface area contributed by atoms with Gasteiger partial charge in [-0.05, 0) is 37.6 Å². The van der Waals surface area contributed by atoms with E-state index in [1.54, 1.807) is 12.4 Å². The van der Waals surface area contributed by atoms with E-state index in [4.69, 9.17) is 0 Å². The number of hydrogen-bond donors (Lipinski definition) is 2. The van der Waals surface area contributed by atoms with Gasteiger partial charge < -0.3 is 10.6 Å². The monoisotopic (exact) mass is 203 g/mol.